The molecule has 30 heavy (non-hydrogen) atoms. The number of halogens is 3. The summed E-state index contributed by atoms with van der Waals surface area (Å²) < 4.78 is 40.3. The van der Waals surface area contributed by atoms with Crippen LogP contribution in [0.3, 0.4) is 0 Å². The van der Waals surface area contributed by atoms with Crippen LogP contribution in [0.1, 0.15) is 0 Å². The molecule has 1 fully saturated rings. The van der Waals surface area contributed by atoms with Crippen molar-refractivity contribution < 1.29 is 22.7 Å². The highest BCUT2D eigenvalue weighted by molar-refractivity contribution is 5.93. The topological polar surface area (TPSA) is 83.2 Å². The van der Waals surface area contributed by atoms with Crippen LogP contribution in [0.2, 0.25) is 0 Å². The first-order chi connectivity index (χ1) is 14.3. The number of nitrogens with one attached hydrogen (secondary N) is 1. The van der Waals surface area contributed by atoms with Crippen LogP contribution in [-0.2, 0) is 4.79 Å². The van der Waals surface area contributed by atoms with E-state index in [1.165, 1.54) is 12.1 Å². The third-order valence-electron chi connectivity index (χ3n) is 4.50. The molecule has 1 aliphatic heterocycles. The number of aliphatic imine (C=N–C) groups is 1. The molecule has 3 rings (SSSR count). The van der Waals surface area contributed by atoms with Gasteiger partial charge in [-0.05, 0) is 36.4 Å². The van der Waals surface area contributed by atoms with Gasteiger partial charge in [0.2, 0.25) is 5.91 Å². The minimum absolute atomic E-state index is 0.00392. The number of guanidine groups is 1. The Balaban J connectivity index is 1.45. The van der Waals surface area contributed by atoms with E-state index in [2.05, 4.69) is 19.9 Å². The monoisotopic (exact) mass is 421 g/mol. The van der Waals surface area contributed by atoms with E-state index >= 15 is 0 Å². The van der Waals surface area contributed by atoms with Crippen molar-refractivity contribution in [2.75, 3.05) is 42.9 Å². The Morgan fingerprint density at radius 3 is 2.27 bits per heavy atom. The summed E-state index contributed by atoms with van der Waals surface area (Å²) >= 11 is 0. The van der Waals surface area contributed by atoms with E-state index in [0.29, 0.717) is 18.8 Å². The van der Waals surface area contributed by atoms with Crippen LogP contribution in [0.15, 0.2) is 59.6 Å². The number of para-hydroxylation sites is 1. The van der Waals surface area contributed by atoms with Crippen molar-refractivity contribution in [3.63, 3.8) is 0 Å². The molecule has 0 aromatic heterocycles. The number of nitrogens with two attached hydrogens (primary N) is 1. The Morgan fingerprint density at radius 2 is 1.67 bits per heavy atom. The molecule has 0 unspecified atom stereocenters. The fourth-order valence-electron chi connectivity index (χ4n) is 3.03. The standard InChI is InChI=1S/C20H22F3N5O2/c21-20(22,23)30-17-8-6-15(7-9-17)26-19(24)25-14-18(29)28-12-10-27(11-13-28)16-4-2-1-3-5-16/h1-9H,10-14H2,(H3,24,25,26). The third kappa shape index (κ3) is 6.29. The average Bonchev–Trinajstić information content (AvgIpc) is 2.73. The summed E-state index contributed by atoms with van der Waals surface area (Å²) in [5.41, 5.74) is 7.32. The van der Waals surface area contributed by atoms with E-state index in [9.17, 15) is 18.0 Å². The van der Waals surface area contributed by atoms with E-state index in [-0.39, 0.29) is 24.2 Å². The Hall–Kier alpha value is -3.43. The Morgan fingerprint density at radius 1 is 1.03 bits per heavy atom. The molecule has 1 amide bonds. The lowest BCUT2D eigenvalue weighted by Crippen LogP contribution is -2.49. The number of ether oxygens (including phenoxy) is 1. The number of nitrogens with zero attached hydrogens (tertiary/aromatic N) is 3. The highest BCUT2D eigenvalue weighted by Crippen LogP contribution is 2.23. The molecule has 1 heterocycles. The van der Waals surface area contributed by atoms with Crippen molar-refractivity contribution in [2.45, 2.75) is 6.36 Å². The smallest absolute Gasteiger partial charge is 0.406 e. The fraction of sp³-hybridized carbons (Fsp3) is 0.300. The molecule has 0 spiro atoms. The predicted molar refractivity (Wildman–Crippen MR) is 108 cm³/mol. The Bertz CT molecular complexity index is 864. The van der Waals surface area contributed by atoms with Gasteiger partial charge in [-0.25, -0.2) is 4.99 Å². The van der Waals surface area contributed by atoms with Gasteiger partial charge in [-0.3, -0.25) is 4.79 Å². The normalized spacial score (nSPS) is 15.1. The summed E-state index contributed by atoms with van der Waals surface area (Å²) in [7, 11) is 0. The zero-order valence-corrected chi connectivity index (χ0v) is 16.1. The molecular weight excluding hydrogens is 399 g/mol. The predicted octanol–water partition coefficient (Wildman–Crippen LogP) is 2.66. The minimum Gasteiger partial charge on any atom is -0.406 e. The van der Waals surface area contributed by atoms with Crippen molar-refractivity contribution >= 4 is 23.2 Å². The van der Waals surface area contributed by atoms with Gasteiger partial charge in [-0.1, -0.05) is 18.2 Å². The maximum Gasteiger partial charge on any atom is 0.573 e. The zero-order chi connectivity index (χ0) is 21.6. The number of carbonyl (C=O) groups excluding carboxylic acids is 1. The number of alkyl halides is 3. The highest BCUT2D eigenvalue weighted by atomic mass is 19.4. The number of benzene rings is 2. The molecule has 10 heteroatoms. The van der Waals surface area contributed by atoms with Gasteiger partial charge in [0.05, 0.1) is 0 Å². The van der Waals surface area contributed by atoms with Crippen LogP contribution in [0.5, 0.6) is 5.75 Å². The van der Waals surface area contributed by atoms with Gasteiger partial charge in [0.15, 0.2) is 5.96 Å². The summed E-state index contributed by atoms with van der Waals surface area (Å²) in [6.07, 6.45) is -4.75. The SMILES string of the molecule is NC(=NCC(=O)N1CCN(c2ccccc2)CC1)Nc1ccc(OC(F)(F)F)cc1. The average molecular weight is 421 g/mol. The van der Waals surface area contributed by atoms with E-state index in [4.69, 9.17) is 5.73 Å². The summed E-state index contributed by atoms with van der Waals surface area (Å²) in [5.74, 6) is -0.481. The molecule has 3 N–H and O–H groups in total. The van der Waals surface area contributed by atoms with Crippen LogP contribution >= 0.6 is 0 Å². The zero-order valence-electron chi connectivity index (χ0n) is 16.1. The second-order valence-corrected chi connectivity index (χ2v) is 6.60. The molecule has 2 aromatic carbocycles. The first-order valence-corrected chi connectivity index (χ1v) is 9.31. The molecule has 0 radical (unpaired) electrons. The molecule has 2 aromatic rings. The van der Waals surface area contributed by atoms with E-state index in [1.807, 2.05) is 30.3 Å². The quantitative estimate of drug-likeness (QED) is 0.573. The van der Waals surface area contributed by atoms with Gasteiger partial charge in [0.1, 0.15) is 12.3 Å². The number of anilines is 2. The number of carbonyl (C=O) groups is 1. The Labute approximate surface area is 171 Å². The van der Waals surface area contributed by atoms with Crippen molar-refractivity contribution in [1.29, 1.82) is 0 Å². The van der Waals surface area contributed by atoms with Crippen molar-refractivity contribution in [1.82, 2.24) is 4.90 Å². The van der Waals surface area contributed by atoms with Crippen LogP contribution in [-0.4, -0.2) is 55.9 Å². The minimum atomic E-state index is -4.75. The molecule has 1 aliphatic rings. The van der Waals surface area contributed by atoms with Gasteiger partial charge in [0.25, 0.3) is 0 Å². The van der Waals surface area contributed by atoms with Crippen LogP contribution in [0.25, 0.3) is 0 Å². The first-order valence-electron chi connectivity index (χ1n) is 9.31. The van der Waals surface area contributed by atoms with Crippen molar-refractivity contribution in [3.05, 3.63) is 54.6 Å². The lowest BCUT2D eigenvalue weighted by atomic mass is 10.2. The number of hydrogen-bond acceptors (Lipinski definition) is 4. The van der Waals surface area contributed by atoms with Crippen molar-refractivity contribution in [3.8, 4) is 5.75 Å². The molecule has 7 nitrogen and oxygen atoms in total. The fourth-order valence-corrected chi connectivity index (χ4v) is 3.03. The molecule has 160 valence electrons. The third-order valence-corrected chi connectivity index (χ3v) is 4.50. The van der Waals surface area contributed by atoms with Gasteiger partial charge < -0.3 is 25.6 Å². The number of hydrogen-bond donors (Lipinski definition) is 2. The summed E-state index contributed by atoms with van der Waals surface area (Å²) in [5, 5.41) is 2.73. The van der Waals surface area contributed by atoms with Crippen LogP contribution in [0.4, 0.5) is 24.5 Å². The largest absolute Gasteiger partial charge is 0.573 e. The summed E-state index contributed by atoms with van der Waals surface area (Å²) in [6.45, 7) is 2.55. The number of piperazine rings is 1. The molecule has 0 aliphatic carbocycles. The second kappa shape index (κ2) is 9.38. The first kappa shape index (κ1) is 21.3. The number of rotatable bonds is 5. The van der Waals surface area contributed by atoms with Gasteiger partial charge in [0, 0.05) is 37.6 Å². The molecule has 1 saturated heterocycles. The van der Waals surface area contributed by atoms with E-state index in [0.717, 1.165) is 30.9 Å². The lowest BCUT2D eigenvalue weighted by Gasteiger charge is -2.35. The van der Waals surface area contributed by atoms with Gasteiger partial charge in [-0.2, -0.15) is 0 Å². The van der Waals surface area contributed by atoms with Gasteiger partial charge in [-0.15, -0.1) is 13.2 Å². The molecule has 0 saturated carbocycles. The maximum atomic E-state index is 12.4. The van der Waals surface area contributed by atoms with Crippen LogP contribution < -0.4 is 20.7 Å². The molecule has 0 atom stereocenters. The van der Waals surface area contributed by atoms with E-state index in [1.54, 1.807) is 4.90 Å². The molecule has 0 bridgehead atoms. The second-order valence-electron chi connectivity index (χ2n) is 6.60. The van der Waals surface area contributed by atoms with E-state index < -0.39 is 6.36 Å². The van der Waals surface area contributed by atoms with Crippen molar-refractivity contribution in [2.24, 2.45) is 10.7 Å². The number of amides is 1. The maximum absolute atomic E-state index is 12.4. The summed E-state index contributed by atoms with van der Waals surface area (Å²) in [6, 6.07) is 15.0. The lowest BCUT2D eigenvalue weighted by molar-refractivity contribution is -0.274. The van der Waals surface area contributed by atoms with Crippen LogP contribution in [0, 0.1) is 0 Å². The van der Waals surface area contributed by atoms with Gasteiger partial charge >= 0.3 is 6.36 Å². The molecular formula is C20H22F3N5O2. The summed E-state index contributed by atoms with van der Waals surface area (Å²) in [4.78, 5) is 20.3. The Kier molecular flexibility index (Phi) is 6.65. The highest BCUT2D eigenvalue weighted by Gasteiger charge is 2.31.